The van der Waals surface area contributed by atoms with Gasteiger partial charge in [0.15, 0.2) is 11.3 Å². The first-order chi connectivity index (χ1) is 12.2. The predicted molar refractivity (Wildman–Crippen MR) is 93.7 cm³/mol. The number of halogens is 1. The first-order valence-electron chi connectivity index (χ1n) is 7.56. The molecule has 0 unspecified atom stereocenters. The van der Waals surface area contributed by atoms with Crippen LogP contribution in [0.3, 0.4) is 0 Å². The number of carbonyl (C=O) groups is 1. The quantitative estimate of drug-likeness (QED) is 0.612. The van der Waals surface area contributed by atoms with Crippen LogP contribution in [0.15, 0.2) is 61.2 Å². The van der Waals surface area contributed by atoms with Crippen LogP contribution in [0.1, 0.15) is 16.1 Å². The molecule has 3 heterocycles. The van der Waals surface area contributed by atoms with Crippen LogP contribution < -0.4 is 5.32 Å². The maximum atomic E-state index is 12.3. The van der Waals surface area contributed by atoms with Crippen LogP contribution in [-0.2, 0) is 6.54 Å². The SMILES string of the molecule is O=C(Nc1cnn(Cc2cccc(Cl)c2)c1)c1cc2ncccn2n1. The summed E-state index contributed by atoms with van der Waals surface area (Å²) >= 11 is 5.99. The average Bonchev–Trinajstić information content (AvgIpc) is 3.21. The second-order valence-corrected chi connectivity index (χ2v) is 5.90. The first-order valence-corrected chi connectivity index (χ1v) is 7.94. The van der Waals surface area contributed by atoms with Gasteiger partial charge in [0.2, 0.25) is 0 Å². The molecule has 0 saturated carbocycles. The Morgan fingerprint density at radius 1 is 1.24 bits per heavy atom. The highest BCUT2D eigenvalue weighted by atomic mass is 35.5. The highest BCUT2D eigenvalue weighted by Gasteiger charge is 2.12. The van der Waals surface area contributed by atoms with E-state index in [2.05, 4.69) is 20.5 Å². The molecule has 124 valence electrons. The summed E-state index contributed by atoms with van der Waals surface area (Å²) in [6.07, 6.45) is 6.74. The minimum atomic E-state index is -0.312. The standard InChI is InChI=1S/C17H13ClN6O/c18-13-4-1-3-12(7-13)10-23-11-14(9-20-23)21-17(25)15-8-16-19-5-2-6-24(16)22-15/h1-9,11H,10H2,(H,21,25). The van der Waals surface area contributed by atoms with Gasteiger partial charge in [0.1, 0.15) is 0 Å². The summed E-state index contributed by atoms with van der Waals surface area (Å²) in [4.78, 5) is 16.5. The molecule has 25 heavy (non-hydrogen) atoms. The fourth-order valence-corrected chi connectivity index (χ4v) is 2.69. The summed E-state index contributed by atoms with van der Waals surface area (Å²) < 4.78 is 3.28. The third kappa shape index (κ3) is 3.36. The van der Waals surface area contributed by atoms with Crippen LogP contribution in [0.25, 0.3) is 5.65 Å². The molecule has 1 N–H and O–H groups in total. The van der Waals surface area contributed by atoms with Crippen molar-refractivity contribution in [3.63, 3.8) is 0 Å². The monoisotopic (exact) mass is 352 g/mol. The van der Waals surface area contributed by atoms with Gasteiger partial charge < -0.3 is 5.32 Å². The molecule has 7 nitrogen and oxygen atoms in total. The second-order valence-electron chi connectivity index (χ2n) is 5.46. The van der Waals surface area contributed by atoms with Gasteiger partial charge in [-0.25, -0.2) is 9.50 Å². The lowest BCUT2D eigenvalue weighted by Gasteiger charge is -2.02. The minimum Gasteiger partial charge on any atom is -0.318 e. The molecule has 4 rings (SSSR count). The number of fused-ring (bicyclic) bond motifs is 1. The van der Waals surface area contributed by atoms with E-state index in [1.807, 2.05) is 24.3 Å². The molecule has 0 aliphatic rings. The van der Waals surface area contributed by atoms with Crippen molar-refractivity contribution < 1.29 is 4.79 Å². The molecular weight excluding hydrogens is 340 g/mol. The van der Waals surface area contributed by atoms with Crippen LogP contribution in [0.2, 0.25) is 5.02 Å². The predicted octanol–water partition coefficient (Wildman–Crippen LogP) is 2.88. The number of hydrogen-bond donors (Lipinski definition) is 1. The number of anilines is 1. The van der Waals surface area contributed by atoms with Crippen LogP contribution in [0.5, 0.6) is 0 Å². The van der Waals surface area contributed by atoms with Crippen LogP contribution in [0.4, 0.5) is 5.69 Å². The summed E-state index contributed by atoms with van der Waals surface area (Å²) in [5.74, 6) is -0.312. The van der Waals surface area contributed by atoms with E-state index < -0.39 is 0 Å². The van der Waals surface area contributed by atoms with Crippen LogP contribution >= 0.6 is 11.6 Å². The van der Waals surface area contributed by atoms with Gasteiger partial charge in [0.25, 0.3) is 5.91 Å². The van der Waals surface area contributed by atoms with E-state index in [0.717, 1.165) is 5.56 Å². The maximum Gasteiger partial charge on any atom is 0.276 e. The van der Waals surface area contributed by atoms with Crippen molar-refractivity contribution in [2.24, 2.45) is 0 Å². The third-order valence-electron chi connectivity index (χ3n) is 3.59. The second kappa shape index (κ2) is 6.37. The number of benzene rings is 1. The first kappa shape index (κ1) is 15.3. The molecule has 0 atom stereocenters. The highest BCUT2D eigenvalue weighted by molar-refractivity contribution is 6.30. The van der Waals surface area contributed by atoms with E-state index in [1.54, 1.807) is 46.1 Å². The van der Waals surface area contributed by atoms with E-state index in [9.17, 15) is 4.79 Å². The fourth-order valence-electron chi connectivity index (χ4n) is 2.47. The molecule has 4 aromatic rings. The molecule has 1 amide bonds. The number of rotatable bonds is 4. The van der Waals surface area contributed by atoms with Crippen molar-refractivity contribution in [1.29, 1.82) is 0 Å². The normalized spacial score (nSPS) is 10.9. The highest BCUT2D eigenvalue weighted by Crippen LogP contribution is 2.14. The smallest absolute Gasteiger partial charge is 0.276 e. The molecule has 1 aromatic carbocycles. The molecule has 8 heteroatoms. The average molecular weight is 353 g/mol. The van der Waals surface area contributed by atoms with E-state index in [-0.39, 0.29) is 5.91 Å². The molecule has 3 aromatic heterocycles. The van der Waals surface area contributed by atoms with Gasteiger partial charge in [-0.05, 0) is 23.8 Å². The van der Waals surface area contributed by atoms with Crippen molar-refractivity contribution >= 4 is 28.8 Å². The van der Waals surface area contributed by atoms with Crippen molar-refractivity contribution in [2.75, 3.05) is 5.32 Å². The Kier molecular flexibility index (Phi) is 3.91. The van der Waals surface area contributed by atoms with Gasteiger partial charge in [0, 0.05) is 29.7 Å². The summed E-state index contributed by atoms with van der Waals surface area (Å²) in [5, 5.41) is 11.9. The largest absolute Gasteiger partial charge is 0.318 e. The molecule has 0 radical (unpaired) electrons. The van der Waals surface area contributed by atoms with Crippen molar-refractivity contribution in [3.05, 3.63) is 77.5 Å². The molecule has 0 fully saturated rings. The summed E-state index contributed by atoms with van der Waals surface area (Å²) in [6.45, 7) is 0.564. The van der Waals surface area contributed by atoms with Gasteiger partial charge in [0.05, 0.1) is 18.4 Å². The van der Waals surface area contributed by atoms with Gasteiger partial charge in [-0.15, -0.1) is 0 Å². The Labute approximate surface area is 147 Å². The van der Waals surface area contributed by atoms with E-state index in [1.165, 1.54) is 0 Å². The Balaban J connectivity index is 1.47. The molecule has 0 spiro atoms. The number of amides is 1. The Morgan fingerprint density at radius 3 is 3.00 bits per heavy atom. The lowest BCUT2D eigenvalue weighted by atomic mass is 10.2. The van der Waals surface area contributed by atoms with E-state index >= 15 is 0 Å². The van der Waals surface area contributed by atoms with Crippen molar-refractivity contribution in [1.82, 2.24) is 24.4 Å². The van der Waals surface area contributed by atoms with Crippen molar-refractivity contribution in [3.8, 4) is 0 Å². The zero-order chi connectivity index (χ0) is 17.2. The van der Waals surface area contributed by atoms with Crippen LogP contribution in [0, 0.1) is 0 Å². The lowest BCUT2D eigenvalue weighted by molar-refractivity contribution is 0.102. The van der Waals surface area contributed by atoms with Gasteiger partial charge >= 0.3 is 0 Å². The molecule has 0 aliphatic carbocycles. The van der Waals surface area contributed by atoms with Gasteiger partial charge in [-0.1, -0.05) is 23.7 Å². The van der Waals surface area contributed by atoms with E-state index in [0.29, 0.717) is 28.6 Å². The van der Waals surface area contributed by atoms with Gasteiger partial charge in [-0.3, -0.25) is 9.48 Å². The zero-order valence-electron chi connectivity index (χ0n) is 13.0. The lowest BCUT2D eigenvalue weighted by Crippen LogP contribution is -2.12. The molecule has 0 bridgehead atoms. The van der Waals surface area contributed by atoms with E-state index in [4.69, 9.17) is 11.6 Å². The molecule has 0 aliphatic heterocycles. The molecule has 0 saturated heterocycles. The Morgan fingerprint density at radius 2 is 2.16 bits per heavy atom. The van der Waals surface area contributed by atoms with Gasteiger partial charge in [-0.2, -0.15) is 10.2 Å². The minimum absolute atomic E-state index is 0.293. The molecular formula is C17H13ClN6O. The number of hydrogen-bond acceptors (Lipinski definition) is 4. The summed E-state index contributed by atoms with van der Waals surface area (Å²) in [5.41, 5.74) is 2.53. The number of carbonyl (C=O) groups excluding carboxylic acids is 1. The Hall–Kier alpha value is -3.19. The zero-order valence-corrected chi connectivity index (χ0v) is 13.8. The number of nitrogens with one attached hydrogen (secondary N) is 1. The Bertz CT molecular complexity index is 1020. The third-order valence-corrected chi connectivity index (χ3v) is 3.83. The van der Waals surface area contributed by atoms with Crippen LogP contribution in [-0.4, -0.2) is 30.3 Å². The topological polar surface area (TPSA) is 77.1 Å². The van der Waals surface area contributed by atoms with Crippen molar-refractivity contribution in [2.45, 2.75) is 6.54 Å². The number of nitrogens with zero attached hydrogens (tertiary/aromatic N) is 5. The maximum absolute atomic E-state index is 12.3. The summed E-state index contributed by atoms with van der Waals surface area (Å²) in [7, 11) is 0. The number of aromatic nitrogens is 5. The summed E-state index contributed by atoms with van der Waals surface area (Å²) in [6, 6.07) is 10.9. The fraction of sp³-hybridized carbons (Fsp3) is 0.0588.